The summed E-state index contributed by atoms with van der Waals surface area (Å²) in [6, 6.07) is 10.2. The van der Waals surface area contributed by atoms with Crippen LogP contribution in [-0.4, -0.2) is 28.4 Å². The van der Waals surface area contributed by atoms with E-state index in [2.05, 4.69) is 18.8 Å². The van der Waals surface area contributed by atoms with E-state index in [0.29, 0.717) is 0 Å². The van der Waals surface area contributed by atoms with Crippen LogP contribution in [0.5, 0.6) is 0 Å². The Labute approximate surface area is 136 Å². The quantitative estimate of drug-likeness (QED) is 0.839. The van der Waals surface area contributed by atoms with Crippen molar-refractivity contribution in [1.82, 2.24) is 9.88 Å². The zero-order valence-electron chi connectivity index (χ0n) is 13.7. The Morgan fingerprint density at radius 1 is 1.13 bits per heavy atom. The van der Waals surface area contributed by atoms with Crippen LogP contribution in [0.4, 0.5) is 4.39 Å². The first-order valence-electron chi connectivity index (χ1n) is 7.88. The fraction of sp³-hybridized carbons (Fsp3) is 0.368. The molecular weight excluding hydrogens is 291 g/mol. The number of hydrogen-bond acceptors (Lipinski definition) is 2. The zero-order chi connectivity index (χ0) is 16.6. The van der Waals surface area contributed by atoms with Gasteiger partial charge in [0, 0.05) is 24.3 Å². The van der Waals surface area contributed by atoms with Gasteiger partial charge in [-0.05, 0) is 50.5 Å². The van der Waals surface area contributed by atoms with Crippen LogP contribution < -0.4 is 0 Å². The number of benzene rings is 1. The van der Waals surface area contributed by atoms with Crippen molar-refractivity contribution < 1.29 is 9.18 Å². The van der Waals surface area contributed by atoms with E-state index in [1.54, 1.807) is 18.3 Å². The second kappa shape index (κ2) is 5.76. The number of hydrogen-bond donors (Lipinski definition) is 0. The molecule has 0 radical (unpaired) electrons. The Balaban J connectivity index is 1.82. The maximum Gasteiger partial charge on any atom is 0.231 e. The van der Waals surface area contributed by atoms with Crippen molar-refractivity contribution >= 4 is 5.91 Å². The predicted molar refractivity (Wildman–Crippen MR) is 88.5 cm³/mol. The minimum Gasteiger partial charge on any atom is -0.340 e. The largest absolute Gasteiger partial charge is 0.340 e. The molecule has 1 aromatic carbocycles. The number of aromatic nitrogens is 1. The van der Waals surface area contributed by atoms with Crippen LogP contribution in [0.3, 0.4) is 0 Å². The molecular formula is C19H21FN2O. The molecule has 0 N–H and O–H groups in total. The average Bonchev–Trinajstić information content (AvgIpc) is 2.54. The highest BCUT2D eigenvalue weighted by Crippen LogP contribution is 2.35. The normalized spacial score (nSPS) is 20.6. The number of carbonyl (C=O) groups is 1. The zero-order valence-corrected chi connectivity index (χ0v) is 13.7. The van der Waals surface area contributed by atoms with Crippen LogP contribution in [0.2, 0.25) is 0 Å². The molecule has 120 valence electrons. The van der Waals surface area contributed by atoms with Gasteiger partial charge in [0.25, 0.3) is 0 Å². The number of likely N-dealkylation sites (tertiary alicyclic amines) is 1. The molecule has 0 bridgehead atoms. The van der Waals surface area contributed by atoms with Gasteiger partial charge in [-0.15, -0.1) is 0 Å². The molecule has 1 fully saturated rings. The summed E-state index contributed by atoms with van der Waals surface area (Å²) < 4.78 is 13.0. The van der Waals surface area contributed by atoms with Crippen LogP contribution in [0.15, 0.2) is 42.6 Å². The lowest BCUT2D eigenvalue weighted by Crippen LogP contribution is -2.51. The highest BCUT2D eigenvalue weighted by molar-refractivity contribution is 5.84. The van der Waals surface area contributed by atoms with E-state index in [1.165, 1.54) is 12.1 Å². The predicted octanol–water partition coefficient (Wildman–Crippen LogP) is 4.00. The van der Waals surface area contributed by atoms with Gasteiger partial charge >= 0.3 is 0 Å². The molecule has 4 heteroatoms. The van der Waals surface area contributed by atoms with E-state index in [9.17, 15) is 9.18 Å². The van der Waals surface area contributed by atoms with Gasteiger partial charge in [-0.1, -0.05) is 18.2 Å². The van der Waals surface area contributed by atoms with Crippen molar-refractivity contribution in [2.24, 2.45) is 0 Å². The number of halogens is 1. The van der Waals surface area contributed by atoms with E-state index < -0.39 is 0 Å². The minimum atomic E-state index is -0.253. The van der Waals surface area contributed by atoms with Crippen LogP contribution in [0, 0.1) is 5.82 Å². The molecule has 2 aromatic rings. The summed E-state index contributed by atoms with van der Waals surface area (Å²) in [6.45, 7) is 4.18. The van der Waals surface area contributed by atoms with Gasteiger partial charge in [0.05, 0.1) is 11.6 Å². The Hall–Kier alpha value is -2.23. The van der Waals surface area contributed by atoms with Gasteiger partial charge in [-0.3, -0.25) is 9.78 Å². The third-order valence-corrected chi connectivity index (χ3v) is 4.90. The van der Waals surface area contributed by atoms with Gasteiger partial charge in [0.15, 0.2) is 0 Å². The van der Waals surface area contributed by atoms with Gasteiger partial charge in [0.1, 0.15) is 5.82 Å². The fourth-order valence-electron chi connectivity index (χ4n) is 3.02. The lowest BCUT2D eigenvalue weighted by Gasteiger charge is -2.42. The lowest BCUT2D eigenvalue weighted by molar-refractivity contribution is -0.140. The standard InChI is InChI=1S/C19H21FN2O/c1-19(2)11-10-16(18(23)22(19)3)17-9-6-14(12-21-17)13-4-7-15(20)8-5-13/h4-9,12,16H,10-11H2,1-3H3. The van der Waals surface area contributed by atoms with Gasteiger partial charge in [-0.25, -0.2) is 4.39 Å². The van der Waals surface area contributed by atoms with Crippen molar-refractivity contribution in [2.45, 2.75) is 38.1 Å². The summed E-state index contributed by atoms with van der Waals surface area (Å²) in [6.07, 6.45) is 3.54. The molecule has 0 aliphatic carbocycles. The highest BCUT2D eigenvalue weighted by atomic mass is 19.1. The topological polar surface area (TPSA) is 33.2 Å². The average molecular weight is 312 g/mol. The van der Waals surface area contributed by atoms with Crippen LogP contribution in [0.1, 0.15) is 38.3 Å². The number of carbonyl (C=O) groups excluding carboxylic acids is 1. The van der Waals surface area contributed by atoms with Crippen molar-refractivity contribution in [1.29, 1.82) is 0 Å². The second-order valence-corrected chi connectivity index (χ2v) is 6.78. The van der Waals surface area contributed by atoms with Crippen molar-refractivity contribution in [2.75, 3.05) is 7.05 Å². The maximum atomic E-state index is 13.0. The Morgan fingerprint density at radius 3 is 2.39 bits per heavy atom. The number of rotatable bonds is 2. The van der Waals surface area contributed by atoms with Crippen LogP contribution in [0.25, 0.3) is 11.1 Å². The van der Waals surface area contributed by atoms with Crippen molar-refractivity contribution in [3.63, 3.8) is 0 Å². The SMILES string of the molecule is CN1C(=O)C(c2ccc(-c3ccc(F)cc3)cn2)CCC1(C)C. The van der Waals surface area contributed by atoms with E-state index in [1.807, 2.05) is 24.1 Å². The first-order chi connectivity index (χ1) is 10.9. The smallest absolute Gasteiger partial charge is 0.231 e. The van der Waals surface area contributed by atoms with E-state index in [4.69, 9.17) is 0 Å². The number of nitrogens with zero attached hydrogens (tertiary/aromatic N) is 2. The third kappa shape index (κ3) is 2.98. The summed E-state index contributed by atoms with van der Waals surface area (Å²) >= 11 is 0. The Kier molecular flexibility index (Phi) is 3.92. The second-order valence-electron chi connectivity index (χ2n) is 6.78. The molecule has 1 atom stereocenters. The maximum absolute atomic E-state index is 13.0. The molecule has 1 aliphatic heterocycles. The van der Waals surface area contributed by atoms with Crippen LogP contribution >= 0.6 is 0 Å². The molecule has 3 rings (SSSR count). The third-order valence-electron chi connectivity index (χ3n) is 4.90. The monoisotopic (exact) mass is 312 g/mol. The first kappa shape index (κ1) is 15.7. The molecule has 1 unspecified atom stereocenters. The molecule has 3 nitrogen and oxygen atoms in total. The van der Waals surface area contributed by atoms with Gasteiger partial charge in [-0.2, -0.15) is 0 Å². The summed E-state index contributed by atoms with van der Waals surface area (Å²) in [5.74, 6) is -0.296. The number of likely N-dealkylation sites (N-methyl/N-ethyl adjacent to an activating group) is 1. The lowest BCUT2D eigenvalue weighted by atomic mass is 9.83. The van der Waals surface area contributed by atoms with Crippen molar-refractivity contribution in [3.8, 4) is 11.1 Å². The summed E-state index contributed by atoms with van der Waals surface area (Å²) in [5, 5.41) is 0. The molecule has 2 heterocycles. The van der Waals surface area contributed by atoms with E-state index in [0.717, 1.165) is 29.7 Å². The molecule has 0 spiro atoms. The molecule has 1 amide bonds. The summed E-state index contributed by atoms with van der Waals surface area (Å²) in [7, 11) is 1.86. The van der Waals surface area contributed by atoms with Gasteiger partial charge < -0.3 is 4.90 Å². The summed E-state index contributed by atoms with van der Waals surface area (Å²) in [4.78, 5) is 18.9. The van der Waals surface area contributed by atoms with Crippen LogP contribution in [-0.2, 0) is 4.79 Å². The highest BCUT2D eigenvalue weighted by Gasteiger charge is 2.38. The molecule has 0 saturated carbocycles. The van der Waals surface area contributed by atoms with Gasteiger partial charge in [0.2, 0.25) is 5.91 Å². The minimum absolute atomic E-state index is 0.0956. The van der Waals surface area contributed by atoms with E-state index in [-0.39, 0.29) is 23.2 Å². The number of piperidine rings is 1. The number of amides is 1. The molecule has 1 aromatic heterocycles. The Bertz CT molecular complexity index is 707. The Morgan fingerprint density at radius 2 is 1.78 bits per heavy atom. The molecule has 1 aliphatic rings. The fourth-order valence-corrected chi connectivity index (χ4v) is 3.02. The molecule has 23 heavy (non-hydrogen) atoms. The number of pyridine rings is 1. The molecule has 1 saturated heterocycles. The van der Waals surface area contributed by atoms with Crippen molar-refractivity contribution in [3.05, 3.63) is 54.1 Å². The first-order valence-corrected chi connectivity index (χ1v) is 7.88. The summed E-state index contributed by atoms with van der Waals surface area (Å²) in [5.41, 5.74) is 2.55. The van der Waals surface area contributed by atoms with E-state index >= 15 is 0 Å².